The van der Waals surface area contributed by atoms with Gasteiger partial charge in [0.25, 0.3) is 5.91 Å². The predicted octanol–water partition coefficient (Wildman–Crippen LogP) is 5.51. The molecule has 0 aliphatic heterocycles. The third kappa shape index (κ3) is 4.36. The maximum absolute atomic E-state index is 13.0. The van der Waals surface area contributed by atoms with Crippen molar-refractivity contribution < 1.29 is 9.53 Å². The molecular formula is C24H20ClN3O2. The van der Waals surface area contributed by atoms with Gasteiger partial charge in [-0.05, 0) is 47.0 Å². The molecule has 0 radical (unpaired) electrons. The fraction of sp³-hybridized carbons (Fsp3) is 0.0833. The number of nitrogens with zero attached hydrogens (tertiary/aromatic N) is 2. The van der Waals surface area contributed by atoms with Gasteiger partial charge in [-0.2, -0.15) is 5.10 Å². The van der Waals surface area contributed by atoms with E-state index in [9.17, 15) is 4.79 Å². The highest BCUT2D eigenvalue weighted by atomic mass is 35.5. The predicted molar refractivity (Wildman–Crippen MR) is 119 cm³/mol. The molecule has 5 nitrogen and oxygen atoms in total. The molecule has 30 heavy (non-hydrogen) atoms. The summed E-state index contributed by atoms with van der Waals surface area (Å²) in [5.74, 6) is 0.359. The number of methoxy groups -OCH3 is 1. The molecule has 1 heterocycles. The number of benzene rings is 3. The molecule has 0 fully saturated rings. The number of hydrogen-bond donors (Lipinski definition) is 1. The number of halogens is 1. The quantitative estimate of drug-likeness (QED) is 0.450. The maximum atomic E-state index is 13.0. The third-order valence-electron chi connectivity index (χ3n) is 4.75. The van der Waals surface area contributed by atoms with Gasteiger partial charge in [-0.15, -0.1) is 0 Å². The van der Waals surface area contributed by atoms with E-state index >= 15 is 0 Å². The van der Waals surface area contributed by atoms with Crippen molar-refractivity contribution in [2.45, 2.75) is 6.54 Å². The summed E-state index contributed by atoms with van der Waals surface area (Å²) in [5, 5.41) is 7.58. The maximum Gasteiger partial charge on any atom is 0.256 e. The summed E-state index contributed by atoms with van der Waals surface area (Å²) >= 11 is 6.17. The van der Waals surface area contributed by atoms with Gasteiger partial charge >= 0.3 is 0 Å². The molecule has 0 unspecified atom stereocenters. The number of carbonyl (C=O) groups is 1. The van der Waals surface area contributed by atoms with Crippen LogP contribution in [0.2, 0.25) is 5.02 Å². The van der Waals surface area contributed by atoms with E-state index in [2.05, 4.69) is 22.5 Å². The summed E-state index contributed by atoms with van der Waals surface area (Å²) in [5.41, 5.74) is 4.16. The lowest BCUT2D eigenvalue weighted by Gasteiger charge is -2.12. The summed E-state index contributed by atoms with van der Waals surface area (Å²) in [6, 6.07) is 22.7. The van der Waals surface area contributed by atoms with Gasteiger partial charge in [-0.25, -0.2) is 0 Å². The number of amides is 1. The van der Waals surface area contributed by atoms with Gasteiger partial charge in [0.2, 0.25) is 0 Å². The van der Waals surface area contributed by atoms with Gasteiger partial charge in [0.15, 0.2) is 0 Å². The average Bonchev–Trinajstić information content (AvgIpc) is 3.27. The molecule has 0 aliphatic rings. The van der Waals surface area contributed by atoms with Crippen molar-refractivity contribution in [1.29, 1.82) is 0 Å². The largest absolute Gasteiger partial charge is 0.495 e. The van der Waals surface area contributed by atoms with Crippen molar-refractivity contribution in [1.82, 2.24) is 9.78 Å². The van der Waals surface area contributed by atoms with Crippen LogP contribution >= 0.6 is 11.6 Å². The molecule has 0 spiro atoms. The van der Waals surface area contributed by atoms with Gasteiger partial charge in [0.1, 0.15) is 5.75 Å². The Balaban J connectivity index is 1.56. The Kier molecular flexibility index (Phi) is 5.82. The Morgan fingerprint density at radius 3 is 2.57 bits per heavy atom. The number of anilines is 1. The Labute approximate surface area is 179 Å². The minimum absolute atomic E-state index is 0.201. The summed E-state index contributed by atoms with van der Waals surface area (Å²) in [6.07, 6.45) is 3.69. The van der Waals surface area contributed by atoms with Crippen molar-refractivity contribution in [3.05, 3.63) is 101 Å². The van der Waals surface area contributed by atoms with E-state index < -0.39 is 0 Å². The summed E-state index contributed by atoms with van der Waals surface area (Å²) in [4.78, 5) is 13.0. The fourth-order valence-corrected chi connectivity index (χ4v) is 3.50. The fourth-order valence-electron chi connectivity index (χ4n) is 3.25. The molecular weight excluding hydrogens is 398 g/mol. The minimum atomic E-state index is -0.201. The van der Waals surface area contributed by atoms with Crippen molar-refractivity contribution in [3.63, 3.8) is 0 Å². The second-order valence-electron chi connectivity index (χ2n) is 6.75. The Bertz CT molecular complexity index is 1160. The van der Waals surface area contributed by atoms with Crippen LogP contribution in [0.25, 0.3) is 11.1 Å². The lowest BCUT2D eigenvalue weighted by Crippen LogP contribution is -2.13. The first-order valence-electron chi connectivity index (χ1n) is 9.45. The van der Waals surface area contributed by atoms with Crippen LogP contribution in [0.4, 0.5) is 5.69 Å². The average molecular weight is 418 g/mol. The van der Waals surface area contributed by atoms with Crippen LogP contribution in [0.15, 0.2) is 85.2 Å². The van der Waals surface area contributed by atoms with Gasteiger partial charge < -0.3 is 10.1 Å². The zero-order chi connectivity index (χ0) is 20.9. The molecule has 1 amide bonds. The SMILES string of the molecule is COc1ccc(NC(=O)c2ccccc2-c2ccc(Cn3cccn3)cc2)cc1Cl. The molecule has 1 N–H and O–H groups in total. The number of ether oxygens (including phenoxy) is 1. The third-order valence-corrected chi connectivity index (χ3v) is 5.05. The molecule has 0 saturated carbocycles. The summed E-state index contributed by atoms with van der Waals surface area (Å²) in [7, 11) is 1.55. The standard InChI is InChI=1S/C24H20ClN3O2/c1-30-23-12-11-19(15-22(23)25)27-24(29)21-6-3-2-5-20(21)18-9-7-17(8-10-18)16-28-14-4-13-26-28/h2-15H,16H2,1H3,(H,27,29). The molecule has 0 atom stereocenters. The second kappa shape index (κ2) is 8.84. The summed E-state index contributed by atoms with van der Waals surface area (Å²) < 4.78 is 7.03. The molecule has 0 bridgehead atoms. The molecule has 6 heteroatoms. The van der Waals surface area contributed by atoms with E-state index in [1.807, 2.05) is 53.3 Å². The van der Waals surface area contributed by atoms with Crippen molar-refractivity contribution in [2.24, 2.45) is 0 Å². The van der Waals surface area contributed by atoms with Crippen LogP contribution in [0, 0.1) is 0 Å². The Morgan fingerprint density at radius 1 is 1.07 bits per heavy atom. The lowest BCUT2D eigenvalue weighted by atomic mass is 9.98. The van der Waals surface area contributed by atoms with Crippen molar-refractivity contribution >= 4 is 23.2 Å². The molecule has 1 aromatic heterocycles. The van der Waals surface area contributed by atoms with Gasteiger partial charge in [0.05, 0.1) is 18.7 Å². The molecule has 0 aliphatic carbocycles. The van der Waals surface area contributed by atoms with Crippen LogP contribution in [0.1, 0.15) is 15.9 Å². The van der Waals surface area contributed by atoms with Gasteiger partial charge in [0, 0.05) is 23.6 Å². The van der Waals surface area contributed by atoms with Crippen LogP contribution in [-0.2, 0) is 6.54 Å². The molecule has 3 aromatic carbocycles. The first-order valence-corrected chi connectivity index (χ1v) is 9.82. The summed E-state index contributed by atoms with van der Waals surface area (Å²) in [6.45, 7) is 0.702. The number of nitrogens with one attached hydrogen (secondary N) is 1. The number of carbonyl (C=O) groups excluding carboxylic acids is 1. The highest BCUT2D eigenvalue weighted by Gasteiger charge is 2.13. The highest BCUT2D eigenvalue weighted by molar-refractivity contribution is 6.32. The van der Waals surface area contributed by atoms with Crippen LogP contribution in [-0.4, -0.2) is 22.8 Å². The zero-order valence-electron chi connectivity index (χ0n) is 16.4. The first-order chi connectivity index (χ1) is 14.6. The lowest BCUT2D eigenvalue weighted by molar-refractivity contribution is 0.102. The zero-order valence-corrected chi connectivity index (χ0v) is 17.1. The van der Waals surface area contributed by atoms with Crippen LogP contribution in [0.5, 0.6) is 5.75 Å². The number of aromatic nitrogens is 2. The van der Waals surface area contributed by atoms with Crippen molar-refractivity contribution in [2.75, 3.05) is 12.4 Å². The van der Waals surface area contributed by atoms with Crippen molar-refractivity contribution in [3.8, 4) is 16.9 Å². The van der Waals surface area contributed by atoms with E-state index in [-0.39, 0.29) is 5.91 Å². The minimum Gasteiger partial charge on any atom is -0.495 e. The van der Waals surface area contributed by atoms with Gasteiger partial charge in [-0.1, -0.05) is 54.1 Å². The number of hydrogen-bond acceptors (Lipinski definition) is 3. The van der Waals surface area contributed by atoms with E-state index in [4.69, 9.17) is 16.3 Å². The normalized spacial score (nSPS) is 10.6. The van der Waals surface area contributed by atoms with Crippen LogP contribution in [0.3, 0.4) is 0 Å². The smallest absolute Gasteiger partial charge is 0.256 e. The molecule has 4 aromatic rings. The van der Waals surface area contributed by atoms with E-state index in [0.717, 1.165) is 16.7 Å². The van der Waals surface area contributed by atoms with E-state index in [1.165, 1.54) is 0 Å². The molecule has 4 rings (SSSR count). The number of rotatable bonds is 6. The second-order valence-corrected chi connectivity index (χ2v) is 7.16. The van der Waals surface area contributed by atoms with E-state index in [0.29, 0.717) is 28.6 Å². The van der Waals surface area contributed by atoms with Gasteiger partial charge in [-0.3, -0.25) is 9.48 Å². The Morgan fingerprint density at radius 2 is 1.87 bits per heavy atom. The molecule has 0 saturated heterocycles. The molecule has 150 valence electrons. The first kappa shape index (κ1) is 19.7. The van der Waals surface area contributed by atoms with E-state index in [1.54, 1.807) is 31.5 Å². The Hall–Kier alpha value is -3.57. The topological polar surface area (TPSA) is 56.1 Å². The highest BCUT2D eigenvalue weighted by Crippen LogP contribution is 2.29. The monoisotopic (exact) mass is 417 g/mol. The van der Waals surface area contributed by atoms with Crippen LogP contribution < -0.4 is 10.1 Å².